The largest absolute Gasteiger partial charge is 0.348 e. The SMILES string of the molecule is O=C1CCCc2c1cnc1c(C(=O)NCc3cccc(Cl)c3)cnn21. The van der Waals surface area contributed by atoms with Crippen molar-refractivity contribution in [3.63, 3.8) is 0 Å². The highest BCUT2D eigenvalue weighted by atomic mass is 35.5. The maximum atomic E-state index is 12.5. The molecule has 0 unspecified atom stereocenters. The minimum Gasteiger partial charge on any atom is -0.348 e. The molecular formula is C18H15ClN4O2. The van der Waals surface area contributed by atoms with Gasteiger partial charge in [0.2, 0.25) is 0 Å². The molecule has 0 aliphatic heterocycles. The molecule has 1 aliphatic rings. The molecule has 25 heavy (non-hydrogen) atoms. The van der Waals surface area contributed by atoms with Crippen molar-refractivity contribution in [1.82, 2.24) is 19.9 Å². The van der Waals surface area contributed by atoms with Gasteiger partial charge in [-0.3, -0.25) is 9.59 Å². The zero-order valence-electron chi connectivity index (χ0n) is 13.3. The van der Waals surface area contributed by atoms with Gasteiger partial charge in [-0.25, -0.2) is 9.50 Å². The van der Waals surface area contributed by atoms with Crippen molar-refractivity contribution in [1.29, 1.82) is 0 Å². The Morgan fingerprint density at radius 3 is 3.00 bits per heavy atom. The van der Waals surface area contributed by atoms with Gasteiger partial charge < -0.3 is 5.32 Å². The number of carbonyl (C=O) groups excluding carboxylic acids is 2. The van der Waals surface area contributed by atoms with Gasteiger partial charge in [0.05, 0.1) is 17.5 Å². The number of hydrogen-bond donors (Lipinski definition) is 1. The zero-order chi connectivity index (χ0) is 17.4. The van der Waals surface area contributed by atoms with E-state index in [2.05, 4.69) is 15.4 Å². The van der Waals surface area contributed by atoms with E-state index in [-0.39, 0.29) is 11.7 Å². The second-order valence-electron chi connectivity index (χ2n) is 6.00. The number of ketones is 1. The molecule has 1 N–H and O–H groups in total. The summed E-state index contributed by atoms with van der Waals surface area (Å²) >= 11 is 5.95. The van der Waals surface area contributed by atoms with Gasteiger partial charge in [-0.05, 0) is 30.5 Å². The number of aryl methyl sites for hydroxylation is 1. The van der Waals surface area contributed by atoms with E-state index in [9.17, 15) is 9.59 Å². The van der Waals surface area contributed by atoms with Gasteiger partial charge in [0, 0.05) is 24.2 Å². The fraction of sp³-hybridized carbons (Fsp3) is 0.222. The van der Waals surface area contributed by atoms with E-state index in [1.165, 1.54) is 6.20 Å². The van der Waals surface area contributed by atoms with Crippen LogP contribution in [0.1, 0.15) is 44.8 Å². The van der Waals surface area contributed by atoms with Gasteiger partial charge in [-0.15, -0.1) is 0 Å². The average molecular weight is 355 g/mol. The van der Waals surface area contributed by atoms with Crippen LogP contribution in [0.4, 0.5) is 0 Å². The van der Waals surface area contributed by atoms with Crippen LogP contribution in [0, 0.1) is 0 Å². The molecule has 2 heterocycles. The van der Waals surface area contributed by atoms with E-state index in [0.29, 0.717) is 34.8 Å². The summed E-state index contributed by atoms with van der Waals surface area (Å²) in [7, 11) is 0. The standard InChI is InChI=1S/C18H15ClN4O2/c19-12-4-1-3-11(7-12)8-21-18(25)14-10-22-23-15-5-2-6-16(24)13(15)9-20-17(14)23/h1,3-4,7,9-10H,2,5-6,8H2,(H,21,25). The zero-order valence-corrected chi connectivity index (χ0v) is 14.1. The molecule has 2 aromatic heterocycles. The van der Waals surface area contributed by atoms with Crippen molar-refractivity contribution < 1.29 is 9.59 Å². The van der Waals surface area contributed by atoms with E-state index >= 15 is 0 Å². The predicted octanol–water partition coefficient (Wildman–Crippen LogP) is 2.83. The molecule has 7 heteroatoms. The molecule has 126 valence electrons. The minimum atomic E-state index is -0.260. The fourth-order valence-electron chi connectivity index (χ4n) is 3.09. The lowest BCUT2D eigenvalue weighted by Gasteiger charge is -2.14. The van der Waals surface area contributed by atoms with Crippen molar-refractivity contribution >= 4 is 28.9 Å². The number of nitrogens with one attached hydrogen (secondary N) is 1. The Labute approximate surface area is 148 Å². The number of amides is 1. The maximum Gasteiger partial charge on any atom is 0.257 e. The predicted molar refractivity (Wildman–Crippen MR) is 92.9 cm³/mol. The monoisotopic (exact) mass is 354 g/mol. The van der Waals surface area contributed by atoms with Crippen molar-refractivity contribution in [3.05, 3.63) is 64.1 Å². The summed E-state index contributed by atoms with van der Waals surface area (Å²) in [5, 5.41) is 7.75. The van der Waals surface area contributed by atoms with Crippen LogP contribution in [0.5, 0.6) is 0 Å². The molecule has 1 aromatic carbocycles. The third kappa shape index (κ3) is 2.89. The van der Waals surface area contributed by atoms with Crippen LogP contribution in [0.25, 0.3) is 5.65 Å². The Hall–Kier alpha value is -2.73. The number of hydrogen-bond acceptors (Lipinski definition) is 4. The van der Waals surface area contributed by atoms with Gasteiger partial charge in [0.1, 0.15) is 5.56 Å². The summed E-state index contributed by atoms with van der Waals surface area (Å²) in [5.41, 5.74) is 3.20. The number of halogens is 1. The molecule has 4 rings (SSSR count). The highest BCUT2D eigenvalue weighted by molar-refractivity contribution is 6.30. The lowest BCUT2D eigenvalue weighted by Crippen LogP contribution is -2.23. The quantitative estimate of drug-likeness (QED) is 0.784. The number of aromatic nitrogens is 3. The molecule has 0 saturated heterocycles. The number of rotatable bonds is 3. The van der Waals surface area contributed by atoms with Gasteiger partial charge in [0.25, 0.3) is 5.91 Å². The number of carbonyl (C=O) groups is 2. The van der Waals surface area contributed by atoms with E-state index in [1.807, 2.05) is 12.1 Å². The van der Waals surface area contributed by atoms with Crippen LogP contribution in [0.3, 0.4) is 0 Å². The van der Waals surface area contributed by atoms with Crippen LogP contribution in [0.2, 0.25) is 5.02 Å². The third-order valence-corrected chi connectivity index (χ3v) is 4.57. The fourth-order valence-corrected chi connectivity index (χ4v) is 3.30. The molecule has 6 nitrogen and oxygen atoms in total. The van der Waals surface area contributed by atoms with Gasteiger partial charge in [-0.1, -0.05) is 23.7 Å². The van der Waals surface area contributed by atoms with Crippen molar-refractivity contribution in [2.75, 3.05) is 0 Å². The first-order chi connectivity index (χ1) is 12.1. The average Bonchev–Trinajstić information content (AvgIpc) is 3.05. The minimum absolute atomic E-state index is 0.0816. The Morgan fingerprint density at radius 1 is 1.28 bits per heavy atom. The summed E-state index contributed by atoms with van der Waals surface area (Å²) in [4.78, 5) is 28.8. The van der Waals surface area contributed by atoms with Crippen molar-refractivity contribution in [3.8, 4) is 0 Å². The second kappa shape index (κ2) is 6.29. The summed E-state index contributed by atoms with van der Waals surface area (Å²) in [6.45, 7) is 0.361. The highest BCUT2D eigenvalue weighted by Crippen LogP contribution is 2.22. The van der Waals surface area contributed by atoms with E-state index in [0.717, 1.165) is 24.1 Å². The van der Waals surface area contributed by atoms with E-state index < -0.39 is 0 Å². The first-order valence-electron chi connectivity index (χ1n) is 8.05. The summed E-state index contributed by atoms with van der Waals surface area (Å²) in [6.07, 6.45) is 5.14. The van der Waals surface area contributed by atoms with Crippen LogP contribution >= 0.6 is 11.6 Å². The van der Waals surface area contributed by atoms with E-state index in [4.69, 9.17) is 11.6 Å². The Balaban J connectivity index is 1.61. The van der Waals surface area contributed by atoms with Gasteiger partial charge in [0.15, 0.2) is 11.4 Å². The molecule has 0 fully saturated rings. The summed E-state index contributed by atoms with van der Waals surface area (Å²) < 4.78 is 1.61. The molecular weight excluding hydrogens is 340 g/mol. The number of benzene rings is 1. The first-order valence-corrected chi connectivity index (χ1v) is 8.43. The molecule has 1 aliphatic carbocycles. The molecule has 0 radical (unpaired) electrons. The Morgan fingerprint density at radius 2 is 2.16 bits per heavy atom. The number of nitrogens with zero attached hydrogens (tertiary/aromatic N) is 3. The van der Waals surface area contributed by atoms with Crippen LogP contribution in [-0.4, -0.2) is 26.3 Å². The van der Waals surface area contributed by atoms with E-state index in [1.54, 1.807) is 22.8 Å². The second-order valence-corrected chi connectivity index (χ2v) is 6.44. The lowest BCUT2D eigenvalue weighted by atomic mass is 9.96. The number of fused-ring (bicyclic) bond motifs is 3. The Kier molecular flexibility index (Phi) is 3.97. The molecule has 0 atom stereocenters. The van der Waals surface area contributed by atoms with Crippen molar-refractivity contribution in [2.45, 2.75) is 25.8 Å². The van der Waals surface area contributed by atoms with Crippen LogP contribution in [-0.2, 0) is 13.0 Å². The summed E-state index contributed by atoms with van der Waals surface area (Å²) in [6, 6.07) is 7.32. The Bertz CT molecular complexity index is 996. The van der Waals surface area contributed by atoms with Crippen LogP contribution in [0.15, 0.2) is 36.7 Å². The molecule has 3 aromatic rings. The summed E-state index contributed by atoms with van der Waals surface area (Å²) in [5.74, 6) is -0.178. The van der Waals surface area contributed by atoms with Crippen molar-refractivity contribution in [2.24, 2.45) is 0 Å². The topological polar surface area (TPSA) is 76.4 Å². The normalized spacial score (nSPS) is 13.7. The lowest BCUT2D eigenvalue weighted by molar-refractivity contribution is 0.0950. The highest BCUT2D eigenvalue weighted by Gasteiger charge is 2.23. The molecule has 0 saturated carbocycles. The smallest absolute Gasteiger partial charge is 0.257 e. The first kappa shape index (κ1) is 15.8. The van der Waals surface area contributed by atoms with Crippen LogP contribution < -0.4 is 5.32 Å². The third-order valence-electron chi connectivity index (χ3n) is 4.33. The number of Topliss-reactive ketones (excluding diaryl/α,β-unsaturated/α-hetero) is 1. The van der Waals surface area contributed by atoms with Gasteiger partial charge in [-0.2, -0.15) is 5.10 Å². The maximum absolute atomic E-state index is 12.5. The molecule has 0 bridgehead atoms. The molecule has 1 amide bonds. The van der Waals surface area contributed by atoms with Gasteiger partial charge >= 0.3 is 0 Å². The molecule has 0 spiro atoms.